The maximum Gasteiger partial charge on any atom is 0.221 e. The third-order valence-corrected chi connectivity index (χ3v) is 3.84. The highest BCUT2D eigenvalue weighted by molar-refractivity contribution is 5.75. The molecule has 0 spiro atoms. The van der Waals surface area contributed by atoms with Gasteiger partial charge in [-0.25, -0.2) is 0 Å². The molecule has 1 aromatic carbocycles. The van der Waals surface area contributed by atoms with Crippen LogP contribution in [0.4, 0.5) is 0 Å². The summed E-state index contributed by atoms with van der Waals surface area (Å²) < 4.78 is 0. The van der Waals surface area contributed by atoms with Crippen molar-refractivity contribution in [2.45, 2.75) is 13.0 Å². The molecule has 1 aliphatic rings. The van der Waals surface area contributed by atoms with E-state index in [2.05, 4.69) is 45.4 Å². The van der Waals surface area contributed by atoms with Gasteiger partial charge in [0.1, 0.15) is 0 Å². The van der Waals surface area contributed by atoms with E-state index >= 15 is 0 Å². The topological polar surface area (TPSA) is 61.6 Å². The summed E-state index contributed by atoms with van der Waals surface area (Å²) in [6, 6.07) is 10.6. The van der Waals surface area contributed by atoms with Crippen LogP contribution in [0, 0.1) is 0 Å². The number of carbonyl (C=O) groups is 1. The lowest BCUT2D eigenvalue weighted by molar-refractivity contribution is -0.120. The SMILES string of the molecule is NCCC(=O)NCCN1CCN(Cc2ccccc2)CC1. The normalized spacial score (nSPS) is 16.8. The van der Waals surface area contributed by atoms with Gasteiger partial charge < -0.3 is 11.1 Å². The summed E-state index contributed by atoms with van der Waals surface area (Å²) in [5, 5.41) is 2.91. The zero-order chi connectivity index (χ0) is 14.9. The fraction of sp³-hybridized carbons (Fsp3) is 0.562. The van der Waals surface area contributed by atoms with E-state index in [9.17, 15) is 4.79 Å². The number of rotatable bonds is 7. The Labute approximate surface area is 127 Å². The molecular weight excluding hydrogens is 264 g/mol. The maximum atomic E-state index is 11.3. The second-order valence-electron chi connectivity index (χ2n) is 5.49. The second-order valence-corrected chi connectivity index (χ2v) is 5.49. The standard InChI is InChI=1S/C16H26N4O/c17-7-6-16(21)18-8-9-19-10-12-20(13-11-19)14-15-4-2-1-3-5-15/h1-5H,6-14,17H2,(H,18,21). The van der Waals surface area contributed by atoms with E-state index < -0.39 is 0 Å². The van der Waals surface area contributed by atoms with E-state index in [-0.39, 0.29) is 5.91 Å². The molecule has 116 valence electrons. The van der Waals surface area contributed by atoms with Crippen molar-refractivity contribution in [1.82, 2.24) is 15.1 Å². The second kappa shape index (κ2) is 8.77. The van der Waals surface area contributed by atoms with Gasteiger partial charge in [-0.15, -0.1) is 0 Å². The molecule has 0 bridgehead atoms. The Hall–Kier alpha value is -1.43. The molecule has 1 saturated heterocycles. The molecule has 1 amide bonds. The van der Waals surface area contributed by atoms with Crippen molar-refractivity contribution in [3.05, 3.63) is 35.9 Å². The van der Waals surface area contributed by atoms with Crippen molar-refractivity contribution in [1.29, 1.82) is 0 Å². The Kier molecular flexibility index (Phi) is 6.66. The molecular formula is C16H26N4O. The molecule has 2 rings (SSSR count). The number of carbonyl (C=O) groups excluding carboxylic acids is 1. The van der Waals surface area contributed by atoms with E-state index in [4.69, 9.17) is 5.73 Å². The first-order valence-electron chi connectivity index (χ1n) is 7.73. The van der Waals surface area contributed by atoms with Crippen LogP contribution in [0.3, 0.4) is 0 Å². The van der Waals surface area contributed by atoms with Crippen molar-refractivity contribution in [3.8, 4) is 0 Å². The fourth-order valence-corrected chi connectivity index (χ4v) is 2.59. The van der Waals surface area contributed by atoms with Gasteiger partial charge in [0.05, 0.1) is 0 Å². The van der Waals surface area contributed by atoms with Gasteiger partial charge in [-0.05, 0) is 5.56 Å². The first kappa shape index (κ1) is 15.9. The van der Waals surface area contributed by atoms with E-state index in [0.717, 1.165) is 45.8 Å². The molecule has 21 heavy (non-hydrogen) atoms. The van der Waals surface area contributed by atoms with Crippen molar-refractivity contribution < 1.29 is 4.79 Å². The first-order valence-corrected chi connectivity index (χ1v) is 7.73. The Bertz CT molecular complexity index is 416. The summed E-state index contributed by atoms with van der Waals surface area (Å²) in [5.74, 6) is 0.0558. The monoisotopic (exact) mass is 290 g/mol. The van der Waals surface area contributed by atoms with Gasteiger partial charge in [-0.2, -0.15) is 0 Å². The molecule has 1 aliphatic heterocycles. The first-order chi connectivity index (χ1) is 10.3. The number of benzene rings is 1. The highest BCUT2D eigenvalue weighted by Crippen LogP contribution is 2.07. The molecule has 0 aliphatic carbocycles. The predicted octanol–water partition coefficient (Wildman–Crippen LogP) is 0.269. The minimum atomic E-state index is 0.0558. The van der Waals surface area contributed by atoms with Gasteiger partial charge in [0.15, 0.2) is 0 Å². The molecule has 5 heteroatoms. The number of hydrogen-bond donors (Lipinski definition) is 2. The van der Waals surface area contributed by atoms with Gasteiger partial charge >= 0.3 is 0 Å². The number of hydrogen-bond acceptors (Lipinski definition) is 4. The van der Waals surface area contributed by atoms with Crippen LogP contribution in [0.5, 0.6) is 0 Å². The molecule has 0 unspecified atom stereocenters. The molecule has 0 aromatic heterocycles. The number of amides is 1. The van der Waals surface area contributed by atoms with Gasteiger partial charge in [0, 0.05) is 58.8 Å². The van der Waals surface area contributed by atoms with Crippen LogP contribution in [-0.4, -0.2) is 61.5 Å². The van der Waals surface area contributed by atoms with Gasteiger partial charge in [0.2, 0.25) is 5.91 Å². The summed E-state index contributed by atoms with van der Waals surface area (Å²) in [6.07, 6.45) is 0.421. The summed E-state index contributed by atoms with van der Waals surface area (Å²) in [5.41, 5.74) is 6.72. The lowest BCUT2D eigenvalue weighted by Crippen LogP contribution is -2.48. The molecule has 5 nitrogen and oxygen atoms in total. The highest BCUT2D eigenvalue weighted by atomic mass is 16.1. The van der Waals surface area contributed by atoms with Crippen LogP contribution in [0.2, 0.25) is 0 Å². The zero-order valence-corrected chi connectivity index (χ0v) is 12.6. The van der Waals surface area contributed by atoms with Crippen molar-refractivity contribution in [3.63, 3.8) is 0 Å². The van der Waals surface area contributed by atoms with E-state index in [1.807, 2.05) is 0 Å². The lowest BCUT2D eigenvalue weighted by Gasteiger charge is -2.34. The molecule has 0 saturated carbocycles. The molecule has 1 aromatic rings. The molecule has 1 heterocycles. The smallest absolute Gasteiger partial charge is 0.221 e. The van der Waals surface area contributed by atoms with Crippen LogP contribution in [0.25, 0.3) is 0 Å². The van der Waals surface area contributed by atoms with Gasteiger partial charge in [0.25, 0.3) is 0 Å². The lowest BCUT2D eigenvalue weighted by atomic mass is 10.2. The van der Waals surface area contributed by atoms with Gasteiger partial charge in [-0.3, -0.25) is 14.6 Å². The third-order valence-electron chi connectivity index (χ3n) is 3.84. The molecule has 0 radical (unpaired) electrons. The summed E-state index contributed by atoms with van der Waals surface area (Å²) in [6.45, 7) is 7.41. The van der Waals surface area contributed by atoms with Crippen molar-refractivity contribution >= 4 is 5.91 Å². The Morgan fingerprint density at radius 3 is 2.43 bits per heavy atom. The predicted molar refractivity (Wildman–Crippen MR) is 84.8 cm³/mol. The Morgan fingerprint density at radius 2 is 1.76 bits per heavy atom. The Morgan fingerprint density at radius 1 is 1.10 bits per heavy atom. The Balaban J connectivity index is 1.61. The number of piperazine rings is 1. The minimum absolute atomic E-state index is 0.0558. The number of nitrogens with one attached hydrogen (secondary N) is 1. The van der Waals surface area contributed by atoms with Crippen molar-refractivity contribution in [2.24, 2.45) is 5.73 Å². The van der Waals surface area contributed by atoms with Crippen LogP contribution in [0.15, 0.2) is 30.3 Å². The third kappa shape index (κ3) is 5.83. The van der Waals surface area contributed by atoms with Crippen LogP contribution < -0.4 is 11.1 Å². The highest BCUT2D eigenvalue weighted by Gasteiger charge is 2.16. The summed E-state index contributed by atoms with van der Waals surface area (Å²) in [7, 11) is 0. The summed E-state index contributed by atoms with van der Waals surface area (Å²) >= 11 is 0. The maximum absolute atomic E-state index is 11.3. The minimum Gasteiger partial charge on any atom is -0.355 e. The largest absolute Gasteiger partial charge is 0.355 e. The fourth-order valence-electron chi connectivity index (χ4n) is 2.59. The van der Waals surface area contributed by atoms with E-state index in [1.165, 1.54) is 5.56 Å². The number of nitrogens with zero attached hydrogens (tertiary/aromatic N) is 2. The van der Waals surface area contributed by atoms with E-state index in [1.54, 1.807) is 0 Å². The van der Waals surface area contributed by atoms with Crippen molar-refractivity contribution in [2.75, 3.05) is 45.8 Å². The van der Waals surface area contributed by atoms with E-state index in [0.29, 0.717) is 13.0 Å². The summed E-state index contributed by atoms with van der Waals surface area (Å²) in [4.78, 5) is 16.2. The average molecular weight is 290 g/mol. The van der Waals surface area contributed by atoms with Gasteiger partial charge in [-0.1, -0.05) is 30.3 Å². The van der Waals surface area contributed by atoms with Crippen LogP contribution in [-0.2, 0) is 11.3 Å². The zero-order valence-electron chi connectivity index (χ0n) is 12.6. The molecule has 3 N–H and O–H groups in total. The number of nitrogens with two attached hydrogens (primary N) is 1. The van der Waals surface area contributed by atoms with Crippen LogP contribution >= 0.6 is 0 Å². The molecule has 1 fully saturated rings. The molecule has 0 atom stereocenters. The quantitative estimate of drug-likeness (QED) is 0.757. The average Bonchev–Trinajstić information content (AvgIpc) is 2.50. The van der Waals surface area contributed by atoms with Crippen LogP contribution in [0.1, 0.15) is 12.0 Å².